The summed E-state index contributed by atoms with van der Waals surface area (Å²) in [6, 6.07) is 9.99. The van der Waals surface area contributed by atoms with E-state index < -0.39 is 18.7 Å². The predicted octanol–water partition coefficient (Wildman–Crippen LogP) is 2.72. The molecule has 4 aromatic rings. The number of carbonyl (C=O) groups excluding carboxylic acids is 1. The molecule has 154 valence electrons. The first-order chi connectivity index (χ1) is 14.4. The number of anilines is 1. The number of nitrogens with one attached hydrogen (secondary N) is 1. The van der Waals surface area contributed by atoms with Gasteiger partial charge in [0.2, 0.25) is 5.88 Å². The number of nitrogens with zero attached hydrogens (tertiary/aromatic N) is 6. The van der Waals surface area contributed by atoms with Gasteiger partial charge in [0.25, 0.3) is 5.91 Å². The van der Waals surface area contributed by atoms with Crippen molar-refractivity contribution in [2.75, 3.05) is 11.9 Å². The van der Waals surface area contributed by atoms with Crippen LogP contribution in [0.4, 0.5) is 18.9 Å². The minimum Gasteiger partial charge on any atom is -0.468 e. The molecule has 12 heteroatoms. The zero-order valence-electron chi connectivity index (χ0n) is 15.2. The Kier molecular flexibility index (Phi) is 5.04. The van der Waals surface area contributed by atoms with Gasteiger partial charge >= 0.3 is 6.18 Å². The van der Waals surface area contributed by atoms with Gasteiger partial charge in [0.1, 0.15) is 12.2 Å². The number of rotatable bonds is 6. The number of alkyl halides is 3. The number of halogens is 3. The third kappa shape index (κ3) is 4.54. The van der Waals surface area contributed by atoms with Crippen LogP contribution < -0.4 is 10.1 Å². The number of amides is 1. The Hall–Kier alpha value is -3.96. The summed E-state index contributed by atoms with van der Waals surface area (Å²) in [6.07, 6.45) is -0.253. The maximum Gasteiger partial charge on any atom is 0.422 e. The van der Waals surface area contributed by atoms with Crippen molar-refractivity contribution in [1.29, 1.82) is 0 Å². The fourth-order valence-corrected chi connectivity index (χ4v) is 2.62. The van der Waals surface area contributed by atoms with Crippen molar-refractivity contribution in [1.82, 2.24) is 29.8 Å². The van der Waals surface area contributed by atoms with E-state index in [-0.39, 0.29) is 11.4 Å². The van der Waals surface area contributed by atoms with Crippen LogP contribution in [0.25, 0.3) is 11.0 Å². The van der Waals surface area contributed by atoms with Gasteiger partial charge in [-0.3, -0.25) is 4.79 Å². The molecule has 0 saturated carbocycles. The number of hydrogen-bond acceptors (Lipinski definition) is 6. The summed E-state index contributed by atoms with van der Waals surface area (Å²) in [6.45, 7) is -1.16. The monoisotopic (exact) mass is 417 g/mol. The highest BCUT2D eigenvalue weighted by molar-refractivity contribution is 6.03. The van der Waals surface area contributed by atoms with E-state index in [1.807, 2.05) is 24.3 Å². The maximum atomic E-state index is 12.3. The molecule has 0 fully saturated rings. The Morgan fingerprint density at radius 3 is 2.73 bits per heavy atom. The summed E-state index contributed by atoms with van der Waals surface area (Å²) in [5, 5.41) is 15.0. The molecule has 9 nitrogen and oxygen atoms in total. The lowest BCUT2D eigenvalue weighted by Crippen LogP contribution is -2.19. The number of ether oxygens (including phenoxy) is 1. The van der Waals surface area contributed by atoms with Crippen LogP contribution in [-0.2, 0) is 6.67 Å². The Labute approximate surface area is 167 Å². The van der Waals surface area contributed by atoms with Crippen LogP contribution in [0.1, 0.15) is 10.4 Å². The summed E-state index contributed by atoms with van der Waals surface area (Å²) in [7, 11) is 0. The first-order valence-corrected chi connectivity index (χ1v) is 8.65. The Morgan fingerprint density at radius 1 is 1.13 bits per heavy atom. The molecule has 4 rings (SSSR count). The van der Waals surface area contributed by atoms with Gasteiger partial charge in [-0.15, -0.1) is 5.10 Å². The first kappa shape index (κ1) is 19.4. The summed E-state index contributed by atoms with van der Waals surface area (Å²) >= 11 is 0. The average Bonchev–Trinajstić information content (AvgIpc) is 3.34. The van der Waals surface area contributed by atoms with Crippen LogP contribution in [0.15, 0.2) is 55.0 Å². The molecule has 0 radical (unpaired) electrons. The molecule has 0 atom stereocenters. The lowest BCUT2D eigenvalue weighted by atomic mass is 10.2. The molecule has 0 aliphatic carbocycles. The van der Waals surface area contributed by atoms with Gasteiger partial charge in [0.15, 0.2) is 6.61 Å². The topological polar surface area (TPSA) is 99.8 Å². The number of fused-ring (bicyclic) bond motifs is 1. The number of hydrogen-bond donors (Lipinski definition) is 1. The highest BCUT2D eigenvalue weighted by Gasteiger charge is 2.28. The van der Waals surface area contributed by atoms with E-state index >= 15 is 0 Å². The van der Waals surface area contributed by atoms with E-state index in [0.717, 1.165) is 17.2 Å². The van der Waals surface area contributed by atoms with Crippen LogP contribution in [0.5, 0.6) is 5.88 Å². The van der Waals surface area contributed by atoms with Crippen molar-refractivity contribution in [3.8, 4) is 5.88 Å². The maximum absolute atomic E-state index is 12.3. The van der Waals surface area contributed by atoms with E-state index in [0.29, 0.717) is 12.4 Å². The highest BCUT2D eigenvalue weighted by Crippen LogP contribution is 2.17. The third-order valence-corrected chi connectivity index (χ3v) is 3.97. The molecule has 0 saturated heterocycles. The summed E-state index contributed by atoms with van der Waals surface area (Å²) in [4.78, 5) is 16.0. The molecular weight excluding hydrogens is 403 g/mol. The lowest BCUT2D eigenvalue weighted by Gasteiger charge is -2.08. The van der Waals surface area contributed by atoms with Gasteiger partial charge in [0, 0.05) is 12.3 Å². The average molecular weight is 417 g/mol. The molecular formula is C18H14F3N7O2. The van der Waals surface area contributed by atoms with Crippen molar-refractivity contribution < 1.29 is 22.7 Å². The van der Waals surface area contributed by atoms with Crippen molar-refractivity contribution >= 4 is 22.6 Å². The third-order valence-electron chi connectivity index (χ3n) is 3.97. The fraction of sp³-hybridized carbons (Fsp3) is 0.167. The number of para-hydroxylation sites is 1. The van der Waals surface area contributed by atoms with Crippen LogP contribution in [0.2, 0.25) is 0 Å². The molecule has 1 amide bonds. The van der Waals surface area contributed by atoms with Crippen molar-refractivity contribution in [2.45, 2.75) is 12.8 Å². The number of carbonyl (C=O) groups is 1. The molecule has 1 N–H and O–H groups in total. The molecule has 1 aromatic carbocycles. The van der Waals surface area contributed by atoms with Crippen LogP contribution in [0, 0.1) is 0 Å². The molecule has 0 unspecified atom stereocenters. The number of benzene rings is 1. The predicted molar refractivity (Wildman–Crippen MR) is 98.9 cm³/mol. The summed E-state index contributed by atoms with van der Waals surface area (Å²) in [5.74, 6) is -0.715. The SMILES string of the molecule is O=C(Nc1cnn(Cn2nnc3ccccc32)c1)c1ccc(OCC(F)(F)F)nc1. The van der Waals surface area contributed by atoms with Crippen molar-refractivity contribution in [3.63, 3.8) is 0 Å². The Morgan fingerprint density at radius 2 is 1.97 bits per heavy atom. The number of pyridine rings is 1. The van der Waals surface area contributed by atoms with Crippen molar-refractivity contribution in [3.05, 3.63) is 60.6 Å². The zero-order valence-corrected chi connectivity index (χ0v) is 15.2. The first-order valence-electron chi connectivity index (χ1n) is 8.65. The molecule has 3 heterocycles. The largest absolute Gasteiger partial charge is 0.468 e. The summed E-state index contributed by atoms with van der Waals surface area (Å²) < 4.78 is 44.2. The van der Waals surface area contributed by atoms with Gasteiger partial charge in [-0.1, -0.05) is 17.3 Å². The van der Waals surface area contributed by atoms with E-state index in [9.17, 15) is 18.0 Å². The quantitative estimate of drug-likeness (QED) is 0.518. The van der Waals surface area contributed by atoms with E-state index in [2.05, 4.69) is 30.4 Å². The molecule has 3 aromatic heterocycles. The molecule has 30 heavy (non-hydrogen) atoms. The van der Waals surface area contributed by atoms with Gasteiger partial charge < -0.3 is 10.1 Å². The van der Waals surface area contributed by atoms with Crippen molar-refractivity contribution in [2.24, 2.45) is 0 Å². The van der Waals surface area contributed by atoms with Gasteiger partial charge in [0.05, 0.1) is 29.2 Å². The standard InChI is InChI=1S/C18H14F3N7O2/c19-18(20,21)10-30-16-6-5-12(7-22-16)17(29)24-13-8-23-27(9-13)11-28-15-4-2-1-3-14(15)25-26-28/h1-9H,10-11H2,(H,24,29). The lowest BCUT2D eigenvalue weighted by molar-refractivity contribution is -0.154. The Bertz CT molecular complexity index is 1170. The van der Waals surface area contributed by atoms with Crippen LogP contribution >= 0.6 is 0 Å². The minimum absolute atomic E-state index is 0.157. The highest BCUT2D eigenvalue weighted by atomic mass is 19.4. The molecule has 0 bridgehead atoms. The minimum atomic E-state index is -4.46. The molecule has 0 aliphatic rings. The molecule has 0 aliphatic heterocycles. The van der Waals surface area contributed by atoms with Crippen LogP contribution in [-0.4, -0.2) is 48.4 Å². The second-order valence-corrected chi connectivity index (χ2v) is 6.23. The normalized spacial score (nSPS) is 11.6. The van der Waals surface area contributed by atoms with Crippen LogP contribution in [0.3, 0.4) is 0 Å². The van der Waals surface area contributed by atoms with Gasteiger partial charge in [-0.2, -0.15) is 18.3 Å². The van der Waals surface area contributed by atoms with Gasteiger partial charge in [-0.25, -0.2) is 14.3 Å². The molecule has 0 spiro atoms. The zero-order chi connectivity index (χ0) is 21.1. The van der Waals surface area contributed by atoms with E-state index in [4.69, 9.17) is 0 Å². The number of aromatic nitrogens is 6. The van der Waals surface area contributed by atoms with Gasteiger partial charge in [-0.05, 0) is 18.2 Å². The van der Waals surface area contributed by atoms with E-state index in [1.54, 1.807) is 15.6 Å². The second-order valence-electron chi connectivity index (χ2n) is 6.23. The van der Waals surface area contributed by atoms with E-state index in [1.165, 1.54) is 18.3 Å². The smallest absolute Gasteiger partial charge is 0.422 e. The Balaban J connectivity index is 1.38. The second kappa shape index (κ2) is 7.81. The summed E-state index contributed by atoms with van der Waals surface area (Å²) in [5.41, 5.74) is 2.19. The fourth-order valence-electron chi connectivity index (χ4n) is 2.62.